The number of Topliss-reactive ketones (excluding diaryl/α,β-unsaturated/α-hetero) is 4. The zero-order valence-electron chi connectivity index (χ0n) is 73.4. The number of methoxy groups -OCH3 is 4. The van der Waals surface area contributed by atoms with E-state index >= 15 is 0 Å². The van der Waals surface area contributed by atoms with Crippen LogP contribution >= 0.6 is 0 Å². The van der Waals surface area contributed by atoms with E-state index in [-0.39, 0.29) is 117 Å². The molecule has 4 saturated carbocycles. The van der Waals surface area contributed by atoms with Crippen LogP contribution in [0.25, 0.3) is 43.6 Å². The highest BCUT2D eigenvalue weighted by Gasteiger charge is 2.36. The zero-order chi connectivity index (χ0) is 90.7. The maximum atomic E-state index is 14.2. The standard InChI is InChI=1S/4C25H27F2N3O2/c4*1-3-15(10-23(31)18-13-29-25(32-2)30-14-18)16-4-6-17(7-5-16)20-8-9-28-24-21(20)11-19(26)12-22(24)27/h4*8-9,11-17H,3-7,10H2,1-2H3/t4*15-,16?,17?/m1100/s1. The molecule has 12 aromatic rings. The van der Waals surface area contributed by atoms with Gasteiger partial charge in [0.25, 0.3) is 0 Å². The molecule has 0 radical (unpaired) electrons. The summed E-state index contributed by atoms with van der Waals surface area (Å²) in [6.07, 6.45) is 39.4. The molecule has 16 rings (SSSR count). The number of hydrogen-bond acceptors (Lipinski definition) is 20. The van der Waals surface area contributed by atoms with Gasteiger partial charge in [-0.1, -0.05) is 53.4 Å². The summed E-state index contributed by atoms with van der Waals surface area (Å²) in [4.78, 5) is 99.7. The quantitative estimate of drug-likeness (QED) is 0.0326. The number of aromatic nitrogens is 12. The summed E-state index contributed by atoms with van der Waals surface area (Å²) >= 11 is 0. The SMILES string of the molecule is CC[C@@H](CC(=O)c1cnc(OC)nc1)C1CCC(c2ccnc3c(F)cc(F)cc23)CC1.CC[C@@H](CC(=O)c1cnc(OC)nc1)C1CCC(c2ccnc3c(F)cc(F)cc23)CC1.CC[C@H](CC(=O)c1cnc(OC)nc1)C1CCC(c2ccnc3c(F)cc(F)cc23)CC1.CC[C@H](CC(=O)c1cnc(OC)nc1)C1CCC(c2ccnc3c(F)cc(F)cc23)CC1. The second-order valence-corrected chi connectivity index (χ2v) is 34.2. The molecule has 0 N–H and O–H groups in total. The number of nitrogens with zero attached hydrogens (tertiary/aromatic N) is 12. The molecule has 4 aromatic carbocycles. The van der Waals surface area contributed by atoms with Gasteiger partial charge in [0, 0.05) is 146 Å². The summed E-state index contributed by atoms with van der Waals surface area (Å²) in [5, 5.41) is 2.26. The molecule has 8 aromatic heterocycles. The Morgan fingerprint density at radius 2 is 0.461 bits per heavy atom. The molecular weight excluding hydrogens is 1650 g/mol. The number of carbonyl (C=O) groups is 4. The number of benzene rings is 4. The normalized spacial score (nSPS) is 19.6. The number of rotatable bonds is 28. The maximum Gasteiger partial charge on any atom is 0.316 e. The van der Waals surface area contributed by atoms with Crippen molar-refractivity contribution in [1.29, 1.82) is 0 Å². The lowest BCUT2D eigenvalue weighted by atomic mass is 9.71. The molecule has 4 aliphatic rings. The Morgan fingerprint density at radius 1 is 0.281 bits per heavy atom. The molecule has 4 aliphatic carbocycles. The van der Waals surface area contributed by atoms with Gasteiger partial charge in [0.05, 0.1) is 50.7 Å². The van der Waals surface area contributed by atoms with Crippen molar-refractivity contribution in [3.8, 4) is 24.0 Å². The van der Waals surface area contributed by atoms with Gasteiger partial charge in [0.1, 0.15) is 45.3 Å². The number of hydrogen-bond donors (Lipinski definition) is 0. The van der Waals surface area contributed by atoms with E-state index in [0.29, 0.717) is 93.2 Å². The summed E-state index contributed by atoms with van der Waals surface area (Å²) < 4.78 is 132. The number of pyridine rings is 4. The van der Waals surface area contributed by atoms with E-state index in [4.69, 9.17) is 18.9 Å². The minimum absolute atomic E-state index is 0.0488. The van der Waals surface area contributed by atoms with E-state index in [1.165, 1.54) is 102 Å². The van der Waals surface area contributed by atoms with Crippen LogP contribution in [-0.2, 0) is 0 Å². The summed E-state index contributed by atoms with van der Waals surface area (Å²) in [5.74, 6) is -0.733. The molecular formula is C100H108F8N12O8. The molecule has 8 heterocycles. The fourth-order valence-electron chi connectivity index (χ4n) is 20.1. The second kappa shape index (κ2) is 44.3. The van der Waals surface area contributed by atoms with E-state index in [1.54, 1.807) is 24.8 Å². The lowest BCUT2D eigenvalue weighted by Crippen LogP contribution is -2.23. The third-order valence-corrected chi connectivity index (χ3v) is 27.1. The molecule has 4 atom stereocenters. The monoisotopic (exact) mass is 1760 g/mol. The number of ether oxygens (including phenoxy) is 4. The van der Waals surface area contributed by atoms with Gasteiger partial charge in [-0.05, 0) is 245 Å². The average molecular weight is 1760 g/mol. The van der Waals surface area contributed by atoms with Crippen LogP contribution in [0.2, 0.25) is 0 Å². The Balaban J connectivity index is 0.000000146. The first-order chi connectivity index (χ1) is 62.0. The summed E-state index contributed by atoms with van der Waals surface area (Å²) in [7, 11) is 5.95. The Kier molecular flexibility index (Phi) is 32.4. The minimum atomic E-state index is -0.623. The van der Waals surface area contributed by atoms with Crippen molar-refractivity contribution in [1.82, 2.24) is 59.8 Å². The molecule has 0 saturated heterocycles. The van der Waals surface area contributed by atoms with Crippen LogP contribution in [0.3, 0.4) is 0 Å². The van der Waals surface area contributed by atoms with Gasteiger partial charge in [-0.25, -0.2) is 75.0 Å². The summed E-state index contributed by atoms with van der Waals surface area (Å²) in [6, 6.07) is 17.6. The third kappa shape index (κ3) is 23.0. The predicted octanol–water partition coefficient (Wildman–Crippen LogP) is 23.5. The van der Waals surface area contributed by atoms with Crippen molar-refractivity contribution in [2.75, 3.05) is 28.4 Å². The number of carbonyl (C=O) groups excluding carboxylic acids is 4. The maximum absolute atomic E-state index is 14.2. The van der Waals surface area contributed by atoms with Crippen LogP contribution in [0.1, 0.15) is 269 Å². The van der Waals surface area contributed by atoms with Gasteiger partial charge in [-0.3, -0.25) is 39.1 Å². The first-order valence-electron chi connectivity index (χ1n) is 44.5. The van der Waals surface area contributed by atoms with Crippen molar-refractivity contribution in [2.45, 2.75) is 205 Å². The summed E-state index contributed by atoms with van der Waals surface area (Å²) in [6.45, 7) is 8.49. The Bertz CT molecular complexity index is 5090. The van der Waals surface area contributed by atoms with Crippen LogP contribution in [-0.4, -0.2) is 111 Å². The number of halogens is 8. The number of ketones is 4. The van der Waals surface area contributed by atoms with Crippen molar-refractivity contribution in [2.24, 2.45) is 47.3 Å². The van der Waals surface area contributed by atoms with Crippen molar-refractivity contribution < 1.29 is 73.2 Å². The van der Waals surface area contributed by atoms with Gasteiger partial charge in [-0.2, -0.15) is 0 Å². The van der Waals surface area contributed by atoms with E-state index in [9.17, 15) is 54.3 Å². The van der Waals surface area contributed by atoms with Crippen LogP contribution in [0.5, 0.6) is 24.0 Å². The van der Waals surface area contributed by atoms with Crippen LogP contribution < -0.4 is 18.9 Å². The average Bonchev–Trinajstić information content (AvgIpc) is 0.793. The van der Waals surface area contributed by atoms with Crippen LogP contribution in [0.15, 0.2) is 147 Å². The second-order valence-electron chi connectivity index (χ2n) is 34.2. The van der Waals surface area contributed by atoms with Crippen molar-refractivity contribution >= 4 is 66.7 Å². The number of fused-ring (bicyclic) bond motifs is 4. The van der Waals surface area contributed by atoms with E-state index in [1.807, 2.05) is 24.3 Å². The molecule has 672 valence electrons. The molecule has 0 amide bonds. The molecule has 0 bridgehead atoms. The zero-order valence-corrected chi connectivity index (χ0v) is 73.4. The Morgan fingerprint density at radius 3 is 0.625 bits per heavy atom. The third-order valence-electron chi connectivity index (χ3n) is 27.1. The Hall–Kier alpha value is -11.8. The minimum Gasteiger partial charge on any atom is -0.467 e. The highest BCUT2D eigenvalue weighted by Crippen LogP contribution is 2.48. The molecule has 0 spiro atoms. The molecule has 4 fully saturated rings. The summed E-state index contributed by atoms with van der Waals surface area (Å²) in [5.41, 5.74) is 6.78. The fraction of sp³-hybridized carbons (Fsp3) is 0.440. The molecule has 128 heavy (non-hydrogen) atoms. The lowest BCUT2D eigenvalue weighted by molar-refractivity contribution is 0.0917. The van der Waals surface area contributed by atoms with Gasteiger partial charge in [-0.15, -0.1) is 0 Å². The van der Waals surface area contributed by atoms with Gasteiger partial charge in [0.15, 0.2) is 46.4 Å². The van der Waals surface area contributed by atoms with E-state index in [2.05, 4.69) is 87.5 Å². The van der Waals surface area contributed by atoms with Gasteiger partial charge in [0.2, 0.25) is 0 Å². The largest absolute Gasteiger partial charge is 0.467 e. The Labute approximate surface area is 739 Å². The van der Waals surface area contributed by atoms with Gasteiger partial charge >= 0.3 is 24.0 Å². The van der Waals surface area contributed by atoms with Crippen molar-refractivity contribution in [3.63, 3.8) is 0 Å². The van der Waals surface area contributed by atoms with E-state index < -0.39 is 46.5 Å². The molecule has 20 nitrogen and oxygen atoms in total. The highest BCUT2D eigenvalue weighted by molar-refractivity contribution is 5.97. The first kappa shape index (κ1) is 93.8. The van der Waals surface area contributed by atoms with Crippen LogP contribution in [0, 0.1) is 93.9 Å². The molecule has 28 heteroatoms. The fourth-order valence-corrected chi connectivity index (χ4v) is 20.1. The smallest absolute Gasteiger partial charge is 0.316 e. The van der Waals surface area contributed by atoms with Gasteiger partial charge < -0.3 is 18.9 Å². The highest BCUT2D eigenvalue weighted by atomic mass is 19.2. The lowest BCUT2D eigenvalue weighted by Gasteiger charge is -2.34. The van der Waals surface area contributed by atoms with Crippen molar-refractivity contribution in [3.05, 3.63) is 238 Å². The first-order valence-corrected chi connectivity index (χ1v) is 44.5. The van der Waals surface area contributed by atoms with Crippen LogP contribution in [0.4, 0.5) is 35.1 Å². The molecule has 0 unspecified atom stereocenters. The molecule has 0 aliphatic heterocycles. The topological polar surface area (TPSA) is 260 Å². The predicted molar refractivity (Wildman–Crippen MR) is 471 cm³/mol. The van der Waals surface area contributed by atoms with E-state index in [0.717, 1.165) is 175 Å².